The SMILES string of the molecule is CC.CC(=O)c1ccc(-c2ccc(OCC(C)C)cc2)cc1.CNC(=O)C(C)C(C)=O.CO. The fourth-order valence-corrected chi connectivity index (χ4v) is 2.31. The van der Waals surface area contributed by atoms with E-state index >= 15 is 0 Å². The number of ether oxygens (including phenoxy) is 1. The molecule has 1 unspecified atom stereocenters. The van der Waals surface area contributed by atoms with Crippen LogP contribution in [0.5, 0.6) is 5.75 Å². The van der Waals surface area contributed by atoms with E-state index in [9.17, 15) is 14.4 Å². The number of aliphatic hydroxyl groups excluding tert-OH is 1. The van der Waals surface area contributed by atoms with Gasteiger partial charge in [-0.05, 0) is 49.9 Å². The van der Waals surface area contributed by atoms with Gasteiger partial charge in [0.15, 0.2) is 5.78 Å². The number of carbonyl (C=O) groups is 3. The van der Waals surface area contributed by atoms with Gasteiger partial charge >= 0.3 is 0 Å². The first kappa shape index (κ1) is 32.2. The number of Topliss-reactive ketones (excluding diaryl/α,β-unsaturated/α-hetero) is 2. The number of hydrogen-bond acceptors (Lipinski definition) is 5. The number of nitrogens with one attached hydrogen (secondary N) is 1. The highest BCUT2D eigenvalue weighted by molar-refractivity contribution is 5.99. The average Bonchev–Trinajstić information content (AvgIpc) is 2.85. The van der Waals surface area contributed by atoms with Crippen molar-refractivity contribution >= 4 is 17.5 Å². The Morgan fingerprint density at radius 3 is 1.58 bits per heavy atom. The van der Waals surface area contributed by atoms with E-state index < -0.39 is 5.92 Å². The molecular formula is C27H41NO5. The molecule has 0 heterocycles. The predicted molar refractivity (Wildman–Crippen MR) is 136 cm³/mol. The molecular weight excluding hydrogens is 418 g/mol. The lowest BCUT2D eigenvalue weighted by atomic mass is 10.0. The fourth-order valence-electron chi connectivity index (χ4n) is 2.31. The molecule has 0 fully saturated rings. The second-order valence-electron chi connectivity index (χ2n) is 7.31. The molecule has 6 heteroatoms. The van der Waals surface area contributed by atoms with Crippen LogP contribution in [0.2, 0.25) is 0 Å². The Kier molecular flexibility index (Phi) is 18.1. The second-order valence-corrected chi connectivity index (χ2v) is 7.31. The molecule has 0 saturated carbocycles. The summed E-state index contributed by atoms with van der Waals surface area (Å²) in [7, 11) is 2.52. The number of hydrogen-bond donors (Lipinski definition) is 2. The third-order valence-electron chi connectivity index (χ3n) is 4.31. The molecule has 2 rings (SSSR count). The second kappa shape index (κ2) is 18.6. The number of carbonyl (C=O) groups excluding carboxylic acids is 3. The first-order chi connectivity index (χ1) is 15.6. The van der Waals surface area contributed by atoms with Gasteiger partial charge in [0, 0.05) is 19.7 Å². The van der Waals surface area contributed by atoms with Gasteiger partial charge in [-0.1, -0.05) is 64.1 Å². The summed E-state index contributed by atoms with van der Waals surface area (Å²) < 4.78 is 5.66. The molecule has 0 aliphatic rings. The van der Waals surface area contributed by atoms with Crippen LogP contribution >= 0.6 is 0 Å². The summed E-state index contributed by atoms with van der Waals surface area (Å²) in [4.78, 5) is 32.4. The Hall–Kier alpha value is -2.99. The van der Waals surface area contributed by atoms with Crippen LogP contribution in [-0.4, -0.2) is 43.3 Å². The highest BCUT2D eigenvalue weighted by Gasteiger charge is 2.14. The molecule has 2 N–H and O–H groups in total. The summed E-state index contributed by atoms with van der Waals surface area (Å²) in [6.45, 7) is 13.6. The molecule has 0 radical (unpaired) electrons. The van der Waals surface area contributed by atoms with Crippen LogP contribution in [0.25, 0.3) is 11.1 Å². The molecule has 33 heavy (non-hydrogen) atoms. The van der Waals surface area contributed by atoms with E-state index in [1.165, 1.54) is 14.0 Å². The fraction of sp³-hybridized carbons (Fsp3) is 0.444. The van der Waals surface area contributed by atoms with E-state index in [2.05, 4.69) is 19.2 Å². The van der Waals surface area contributed by atoms with E-state index in [0.717, 1.165) is 36.2 Å². The van der Waals surface area contributed by atoms with Gasteiger partial charge in [0.25, 0.3) is 0 Å². The summed E-state index contributed by atoms with van der Waals surface area (Å²) in [5, 5.41) is 9.39. The highest BCUT2D eigenvalue weighted by atomic mass is 16.5. The van der Waals surface area contributed by atoms with E-state index in [4.69, 9.17) is 9.84 Å². The summed E-state index contributed by atoms with van der Waals surface area (Å²) >= 11 is 0. The van der Waals surface area contributed by atoms with Gasteiger partial charge in [0.2, 0.25) is 5.91 Å². The van der Waals surface area contributed by atoms with Crippen molar-refractivity contribution in [3.63, 3.8) is 0 Å². The monoisotopic (exact) mass is 459 g/mol. The minimum atomic E-state index is -0.505. The topological polar surface area (TPSA) is 92.7 Å². The first-order valence-corrected chi connectivity index (χ1v) is 11.2. The lowest BCUT2D eigenvalue weighted by Gasteiger charge is -2.09. The summed E-state index contributed by atoms with van der Waals surface area (Å²) in [5.41, 5.74) is 2.97. The maximum absolute atomic E-state index is 11.2. The van der Waals surface area contributed by atoms with E-state index in [0.29, 0.717) is 5.92 Å². The van der Waals surface area contributed by atoms with Crippen LogP contribution in [0.3, 0.4) is 0 Å². The van der Waals surface area contributed by atoms with Crippen LogP contribution < -0.4 is 10.1 Å². The van der Waals surface area contributed by atoms with Gasteiger partial charge < -0.3 is 15.2 Å². The van der Waals surface area contributed by atoms with Crippen LogP contribution in [0.1, 0.15) is 58.8 Å². The van der Waals surface area contributed by atoms with Crippen molar-refractivity contribution < 1.29 is 24.2 Å². The van der Waals surface area contributed by atoms with Crippen LogP contribution in [-0.2, 0) is 9.59 Å². The molecule has 0 bridgehead atoms. The predicted octanol–water partition coefficient (Wildman–Crippen LogP) is 5.18. The lowest BCUT2D eigenvalue weighted by Crippen LogP contribution is -2.29. The van der Waals surface area contributed by atoms with Gasteiger partial charge in [-0.3, -0.25) is 14.4 Å². The Morgan fingerprint density at radius 1 is 0.848 bits per heavy atom. The van der Waals surface area contributed by atoms with E-state index in [1.54, 1.807) is 13.8 Å². The molecule has 6 nitrogen and oxygen atoms in total. The zero-order chi connectivity index (χ0) is 26.0. The average molecular weight is 460 g/mol. The molecule has 1 amide bonds. The highest BCUT2D eigenvalue weighted by Crippen LogP contribution is 2.23. The smallest absolute Gasteiger partial charge is 0.230 e. The first-order valence-electron chi connectivity index (χ1n) is 11.2. The van der Waals surface area contributed by atoms with Crippen molar-refractivity contribution in [2.75, 3.05) is 20.8 Å². The largest absolute Gasteiger partial charge is 0.493 e. The van der Waals surface area contributed by atoms with Gasteiger partial charge in [-0.15, -0.1) is 0 Å². The van der Waals surface area contributed by atoms with Crippen molar-refractivity contribution in [3.8, 4) is 16.9 Å². The zero-order valence-electron chi connectivity index (χ0n) is 21.6. The third-order valence-corrected chi connectivity index (χ3v) is 4.31. The zero-order valence-corrected chi connectivity index (χ0v) is 21.6. The minimum absolute atomic E-state index is 0.0917. The molecule has 0 aliphatic heterocycles. The number of aliphatic hydroxyl groups is 1. The van der Waals surface area contributed by atoms with Crippen molar-refractivity contribution in [3.05, 3.63) is 54.1 Å². The van der Waals surface area contributed by atoms with Crippen molar-refractivity contribution in [2.45, 2.75) is 48.5 Å². The maximum atomic E-state index is 11.2. The van der Waals surface area contributed by atoms with E-state index in [-0.39, 0.29) is 17.5 Å². The molecule has 0 spiro atoms. The summed E-state index contributed by atoms with van der Waals surface area (Å²) in [6, 6.07) is 15.7. The molecule has 0 aromatic heterocycles. The van der Waals surface area contributed by atoms with Crippen molar-refractivity contribution in [2.24, 2.45) is 11.8 Å². The molecule has 0 saturated heterocycles. The molecule has 2 aromatic rings. The normalized spacial score (nSPS) is 10.2. The maximum Gasteiger partial charge on any atom is 0.230 e. The Morgan fingerprint density at radius 2 is 1.27 bits per heavy atom. The number of ketones is 2. The molecule has 0 aliphatic carbocycles. The van der Waals surface area contributed by atoms with Crippen LogP contribution in [0.15, 0.2) is 48.5 Å². The Labute approximate surface area is 199 Å². The van der Waals surface area contributed by atoms with E-state index in [1.807, 2.05) is 62.4 Å². The number of rotatable bonds is 7. The number of benzene rings is 2. The minimum Gasteiger partial charge on any atom is -0.493 e. The van der Waals surface area contributed by atoms with Gasteiger partial charge in [-0.25, -0.2) is 0 Å². The summed E-state index contributed by atoms with van der Waals surface area (Å²) in [5.74, 6) is 0.678. The van der Waals surface area contributed by atoms with Crippen molar-refractivity contribution in [1.82, 2.24) is 5.32 Å². The molecule has 2 aromatic carbocycles. The van der Waals surface area contributed by atoms with Crippen LogP contribution in [0.4, 0.5) is 0 Å². The quantitative estimate of drug-likeness (QED) is 0.439. The number of amides is 1. The lowest BCUT2D eigenvalue weighted by molar-refractivity contribution is -0.131. The summed E-state index contributed by atoms with van der Waals surface area (Å²) in [6.07, 6.45) is 0. The molecule has 184 valence electrons. The Bertz CT molecular complexity index is 811. The Balaban J connectivity index is 0. The van der Waals surface area contributed by atoms with Gasteiger partial charge in [0.05, 0.1) is 12.5 Å². The van der Waals surface area contributed by atoms with Crippen LogP contribution in [0, 0.1) is 11.8 Å². The third kappa shape index (κ3) is 13.2. The van der Waals surface area contributed by atoms with Gasteiger partial charge in [0.1, 0.15) is 11.5 Å². The van der Waals surface area contributed by atoms with Crippen molar-refractivity contribution in [1.29, 1.82) is 0 Å². The molecule has 1 atom stereocenters. The van der Waals surface area contributed by atoms with Gasteiger partial charge in [-0.2, -0.15) is 0 Å². The standard InChI is InChI=1S/C18H20O2.C6H11NO2.C2H6.CH4O/c1-13(2)12-20-18-10-8-17(9-11-18)16-6-4-15(5-7-16)14(3)19;1-4(5(2)8)6(9)7-3;2*1-2/h4-11,13H,12H2,1-3H3;4H,1-3H3,(H,7,9);1-2H3;2H,1H3.